The van der Waals surface area contributed by atoms with E-state index in [0.29, 0.717) is 30.2 Å². The molecule has 0 amide bonds. The average molecular weight is 285 g/mol. The Morgan fingerprint density at radius 1 is 1.37 bits per heavy atom. The fourth-order valence-corrected chi connectivity index (χ4v) is 3.27. The van der Waals surface area contributed by atoms with Crippen LogP contribution in [0.25, 0.3) is 0 Å². The first-order valence-electron chi connectivity index (χ1n) is 6.04. The lowest BCUT2D eigenvalue weighted by atomic mass is 10.0. The van der Waals surface area contributed by atoms with Crippen LogP contribution in [0.1, 0.15) is 11.6 Å². The second kappa shape index (κ2) is 6.25. The van der Waals surface area contributed by atoms with E-state index in [1.807, 2.05) is 4.90 Å². The molecule has 4 nitrogen and oxygen atoms in total. The van der Waals surface area contributed by atoms with Crippen molar-refractivity contribution >= 4 is 16.8 Å². The summed E-state index contributed by atoms with van der Waals surface area (Å²) in [6.45, 7) is 1.00. The lowest BCUT2D eigenvalue weighted by Gasteiger charge is -2.32. The summed E-state index contributed by atoms with van der Waals surface area (Å²) in [6, 6.07) is 5.42. The van der Waals surface area contributed by atoms with Crippen molar-refractivity contribution in [2.24, 2.45) is 0 Å². The van der Waals surface area contributed by atoms with Crippen molar-refractivity contribution in [1.29, 1.82) is 0 Å². The van der Waals surface area contributed by atoms with Crippen LogP contribution in [0, 0.1) is 5.82 Å². The molecule has 19 heavy (non-hydrogen) atoms. The minimum atomic E-state index is -0.842. The Bertz CT molecular complexity index is 485. The van der Waals surface area contributed by atoms with Crippen LogP contribution in [0.3, 0.4) is 0 Å². The summed E-state index contributed by atoms with van der Waals surface area (Å²) in [6.07, 6.45) is 0. The van der Waals surface area contributed by atoms with E-state index in [1.165, 1.54) is 13.2 Å². The van der Waals surface area contributed by atoms with Crippen molar-refractivity contribution in [3.63, 3.8) is 0 Å². The molecule has 0 N–H and O–H groups in total. The maximum atomic E-state index is 13.9. The number of carbonyl (C=O) groups excluding carboxylic acids is 1. The van der Waals surface area contributed by atoms with E-state index in [-0.39, 0.29) is 0 Å². The summed E-state index contributed by atoms with van der Waals surface area (Å²) in [5, 5.41) is 0. The van der Waals surface area contributed by atoms with Gasteiger partial charge in [0.05, 0.1) is 7.11 Å². The number of carbonyl (C=O) groups is 1. The highest BCUT2D eigenvalue weighted by molar-refractivity contribution is 7.85. The van der Waals surface area contributed by atoms with Crippen LogP contribution < -0.4 is 0 Å². The number of esters is 1. The molecule has 6 heteroatoms. The first-order chi connectivity index (χ1) is 9.13. The molecule has 0 unspecified atom stereocenters. The molecule has 1 saturated heterocycles. The third kappa shape index (κ3) is 3.19. The van der Waals surface area contributed by atoms with Crippen molar-refractivity contribution in [3.05, 3.63) is 35.6 Å². The number of ether oxygens (including phenoxy) is 1. The highest BCUT2D eigenvalue weighted by Crippen LogP contribution is 2.25. The van der Waals surface area contributed by atoms with E-state index in [1.54, 1.807) is 18.2 Å². The first kappa shape index (κ1) is 14.1. The van der Waals surface area contributed by atoms with Gasteiger partial charge in [0.1, 0.15) is 11.9 Å². The molecule has 0 bridgehead atoms. The van der Waals surface area contributed by atoms with E-state index in [4.69, 9.17) is 4.74 Å². The number of nitrogens with zero attached hydrogens (tertiary/aromatic N) is 1. The van der Waals surface area contributed by atoms with Gasteiger partial charge in [0, 0.05) is 41.0 Å². The van der Waals surface area contributed by atoms with Gasteiger partial charge in [-0.2, -0.15) is 0 Å². The van der Waals surface area contributed by atoms with E-state index in [2.05, 4.69) is 0 Å². The van der Waals surface area contributed by atoms with E-state index in [9.17, 15) is 13.4 Å². The van der Waals surface area contributed by atoms with Gasteiger partial charge in [0.25, 0.3) is 0 Å². The third-order valence-corrected chi connectivity index (χ3v) is 4.48. The van der Waals surface area contributed by atoms with Gasteiger partial charge in [-0.25, -0.2) is 9.18 Å². The fourth-order valence-electron chi connectivity index (χ4n) is 2.19. The second-order valence-corrected chi connectivity index (χ2v) is 6.03. The minimum absolute atomic E-state index is 0.307. The van der Waals surface area contributed by atoms with Crippen LogP contribution in [-0.2, 0) is 20.3 Å². The molecule has 0 radical (unpaired) electrons. The van der Waals surface area contributed by atoms with Gasteiger partial charge in [-0.3, -0.25) is 9.11 Å². The van der Waals surface area contributed by atoms with Crippen LogP contribution in [-0.4, -0.2) is 46.8 Å². The molecule has 0 saturated carbocycles. The van der Waals surface area contributed by atoms with Crippen molar-refractivity contribution < 1.29 is 18.1 Å². The first-order valence-corrected chi connectivity index (χ1v) is 7.53. The quantitative estimate of drug-likeness (QED) is 0.780. The molecule has 104 valence electrons. The lowest BCUT2D eigenvalue weighted by molar-refractivity contribution is -0.147. The van der Waals surface area contributed by atoms with Crippen LogP contribution >= 0.6 is 0 Å². The highest BCUT2D eigenvalue weighted by Gasteiger charge is 2.32. The Labute approximate surface area is 114 Å². The van der Waals surface area contributed by atoms with Crippen molar-refractivity contribution in [1.82, 2.24) is 4.90 Å². The van der Waals surface area contributed by atoms with Gasteiger partial charge in [-0.1, -0.05) is 18.2 Å². The summed E-state index contributed by atoms with van der Waals surface area (Å²) < 4.78 is 30.0. The van der Waals surface area contributed by atoms with Crippen molar-refractivity contribution in [2.75, 3.05) is 31.7 Å². The molecule has 1 aliphatic rings. The van der Waals surface area contributed by atoms with Gasteiger partial charge in [0.2, 0.25) is 0 Å². The maximum Gasteiger partial charge on any atom is 0.327 e. The van der Waals surface area contributed by atoms with Gasteiger partial charge in [-0.15, -0.1) is 0 Å². The topological polar surface area (TPSA) is 46.6 Å². The molecule has 2 rings (SSSR count). The summed E-state index contributed by atoms with van der Waals surface area (Å²) in [7, 11) is 0.448. The molecule has 1 aromatic carbocycles. The number of benzene rings is 1. The summed E-state index contributed by atoms with van der Waals surface area (Å²) >= 11 is 0. The highest BCUT2D eigenvalue weighted by atomic mass is 32.2. The van der Waals surface area contributed by atoms with E-state index >= 15 is 0 Å². The maximum absolute atomic E-state index is 13.9. The number of hydrogen-bond donors (Lipinski definition) is 0. The predicted octanol–water partition coefficient (Wildman–Crippen LogP) is 1.10. The van der Waals surface area contributed by atoms with Crippen molar-refractivity contribution in [2.45, 2.75) is 6.04 Å². The molecule has 1 aromatic rings. The SMILES string of the molecule is COC(=O)[C@@H](c1ccccc1F)N1CCS(=O)CC1. The minimum Gasteiger partial charge on any atom is -0.468 e. The van der Waals surface area contributed by atoms with Gasteiger partial charge in [0.15, 0.2) is 0 Å². The van der Waals surface area contributed by atoms with Gasteiger partial charge in [-0.05, 0) is 6.07 Å². The number of rotatable bonds is 3. The average Bonchev–Trinajstić information content (AvgIpc) is 2.43. The standard InChI is InChI=1S/C13H16FNO3S/c1-18-13(16)12(10-4-2-3-5-11(10)14)15-6-8-19(17)9-7-15/h2-5,12H,6-9H2,1H3/t12-/m1/s1. The van der Waals surface area contributed by atoms with Crippen LogP contribution in [0.2, 0.25) is 0 Å². The molecule has 1 aliphatic heterocycles. The molecular weight excluding hydrogens is 269 g/mol. The summed E-state index contributed by atoms with van der Waals surface area (Å²) in [5.41, 5.74) is 0.307. The molecule has 0 aliphatic carbocycles. The van der Waals surface area contributed by atoms with Crippen LogP contribution in [0.4, 0.5) is 4.39 Å². The monoisotopic (exact) mass is 285 g/mol. The zero-order valence-electron chi connectivity index (χ0n) is 10.7. The molecule has 0 spiro atoms. The second-order valence-electron chi connectivity index (χ2n) is 4.33. The Morgan fingerprint density at radius 3 is 2.58 bits per heavy atom. The van der Waals surface area contributed by atoms with Crippen LogP contribution in [0.15, 0.2) is 24.3 Å². The predicted molar refractivity (Wildman–Crippen MR) is 70.6 cm³/mol. The molecule has 1 heterocycles. The normalized spacial score (nSPS) is 19.1. The van der Waals surface area contributed by atoms with Crippen molar-refractivity contribution in [3.8, 4) is 0 Å². The number of halogens is 1. The Kier molecular flexibility index (Phi) is 4.66. The molecule has 1 atom stereocenters. The fraction of sp³-hybridized carbons (Fsp3) is 0.462. The van der Waals surface area contributed by atoms with Gasteiger partial charge >= 0.3 is 5.97 Å². The zero-order valence-corrected chi connectivity index (χ0v) is 11.5. The van der Waals surface area contributed by atoms with E-state index < -0.39 is 28.6 Å². The molecule has 0 aromatic heterocycles. The Hall–Kier alpha value is -1.27. The summed E-state index contributed by atoms with van der Waals surface area (Å²) in [5.74, 6) is 0.0894. The Balaban J connectivity index is 2.29. The Morgan fingerprint density at radius 2 is 2.00 bits per heavy atom. The third-order valence-electron chi connectivity index (χ3n) is 3.20. The van der Waals surface area contributed by atoms with Crippen LogP contribution in [0.5, 0.6) is 0 Å². The number of hydrogen-bond acceptors (Lipinski definition) is 4. The molecular formula is C13H16FNO3S. The van der Waals surface area contributed by atoms with Gasteiger partial charge < -0.3 is 4.74 Å². The lowest BCUT2D eigenvalue weighted by Crippen LogP contribution is -2.43. The molecule has 1 fully saturated rings. The summed E-state index contributed by atoms with van der Waals surface area (Å²) in [4.78, 5) is 13.8. The smallest absolute Gasteiger partial charge is 0.327 e. The largest absolute Gasteiger partial charge is 0.468 e. The number of methoxy groups -OCH3 is 1. The zero-order chi connectivity index (χ0) is 13.8. The van der Waals surface area contributed by atoms with E-state index in [0.717, 1.165) is 0 Å².